The van der Waals surface area contributed by atoms with Crippen molar-refractivity contribution < 1.29 is 14.1 Å². The highest BCUT2D eigenvalue weighted by Gasteiger charge is 2.19. The Balaban J connectivity index is 1.91. The van der Waals surface area contributed by atoms with E-state index in [1.54, 1.807) is 12.3 Å². The first-order valence-electron chi connectivity index (χ1n) is 6.18. The van der Waals surface area contributed by atoms with Crippen LogP contribution in [0.25, 0.3) is 10.9 Å². The van der Waals surface area contributed by atoms with E-state index in [9.17, 15) is 9.41 Å². The molecule has 20 heavy (non-hydrogen) atoms. The number of para-hydroxylation sites is 1. The van der Waals surface area contributed by atoms with Gasteiger partial charge in [0.25, 0.3) is 0 Å². The van der Waals surface area contributed by atoms with Gasteiger partial charge in [-0.05, 0) is 29.7 Å². The van der Waals surface area contributed by atoms with E-state index in [1.807, 2.05) is 24.3 Å². The number of halogens is 1. The molecule has 3 nitrogen and oxygen atoms in total. The predicted molar refractivity (Wildman–Crippen MR) is 76.4 cm³/mol. The van der Waals surface area contributed by atoms with Crippen LogP contribution in [0.15, 0.2) is 60.8 Å². The summed E-state index contributed by atoms with van der Waals surface area (Å²) in [6.45, 7) is 0. The van der Waals surface area contributed by atoms with Crippen molar-refractivity contribution in [2.45, 2.75) is 0 Å². The molecule has 1 heterocycles. The van der Waals surface area contributed by atoms with Crippen molar-refractivity contribution in [3.8, 4) is 5.75 Å². The number of hydrogen-bond acceptors (Lipinski definition) is 3. The molecular weight excluding hydrogens is 256 g/mol. The maximum Gasteiger partial charge on any atom is 0.560 e. The summed E-state index contributed by atoms with van der Waals surface area (Å²) >= 11 is 0. The van der Waals surface area contributed by atoms with Crippen molar-refractivity contribution >= 4 is 23.5 Å². The number of pyridine rings is 1. The SMILES string of the molecule is OB(Oc1cccc2cccnc12)c1ccc(F)cc1. The number of hydrogen-bond donors (Lipinski definition) is 1. The Bertz CT molecular complexity index is 728. The zero-order chi connectivity index (χ0) is 13.9. The highest BCUT2D eigenvalue weighted by molar-refractivity contribution is 6.60. The summed E-state index contributed by atoms with van der Waals surface area (Å²) < 4.78 is 18.4. The van der Waals surface area contributed by atoms with Gasteiger partial charge < -0.3 is 9.68 Å². The van der Waals surface area contributed by atoms with Gasteiger partial charge in [0.05, 0.1) is 0 Å². The summed E-state index contributed by atoms with van der Waals surface area (Å²) in [7, 11) is -1.16. The van der Waals surface area contributed by atoms with Gasteiger partial charge in [0.1, 0.15) is 17.1 Å². The first-order chi connectivity index (χ1) is 9.74. The van der Waals surface area contributed by atoms with Crippen LogP contribution < -0.4 is 10.1 Å². The van der Waals surface area contributed by atoms with Gasteiger partial charge in [-0.3, -0.25) is 4.98 Å². The van der Waals surface area contributed by atoms with Crippen LogP contribution >= 0.6 is 0 Å². The van der Waals surface area contributed by atoms with Gasteiger partial charge in [-0.15, -0.1) is 0 Å². The molecule has 0 unspecified atom stereocenters. The second-order valence-electron chi connectivity index (χ2n) is 4.35. The summed E-state index contributed by atoms with van der Waals surface area (Å²) in [5.41, 5.74) is 1.16. The number of rotatable bonds is 3. The third kappa shape index (κ3) is 2.48. The summed E-state index contributed by atoms with van der Waals surface area (Å²) in [4.78, 5) is 4.25. The van der Waals surface area contributed by atoms with Crippen molar-refractivity contribution in [3.63, 3.8) is 0 Å². The van der Waals surface area contributed by atoms with Crippen molar-refractivity contribution in [1.29, 1.82) is 0 Å². The fraction of sp³-hybridized carbons (Fsp3) is 0. The molecule has 0 spiro atoms. The van der Waals surface area contributed by atoms with Crippen molar-refractivity contribution in [2.75, 3.05) is 0 Å². The maximum atomic E-state index is 12.9. The van der Waals surface area contributed by atoms with Crippen LogP contribution in [0.1, 0.15) is 0 Å². The van der Waals surface area contributed by atoms with E-state index in [0.29, 0.717) is 16.7 Å². The zero-order valence-electron chi connectivity index (χ0n) is 10.5. The molecule has 0 fully saturated rings. The molecule has 0 radical (unpaired) electrons. The fourth-order valence-electron chi connectivity index (χ4n) is 1.99. The lowest BCUT2D eigenvalue weighted by molar-refractivity contribution is 0.435. The van der Waals surface area contributed by atoms with Crippen LogP contribution in [0.5, 0.6) is 5.75 Å². The normalized spacial score (nSPS) is 10.5. The number of benzene rings is 2. The van der Waals surface area contributed by atoms with Gasteiger partial charge in [-0.1, -0.05) is 30.3 Å². The second kappa shape index (κ2) is 5.31. The molecule has 0 bridgehead atoms. The van der Waals surface area contributed by atoms with Gasteiger partial charge in [0.15, 0.2) is 0 Å². The molecule has 2 aromatic carbocycles. The standard InChI is InChI=1S/C15H11BFNO2/c17-13-8-6-12(7-9-13)16(19)20-14-5-1-3-11-4-2-10-18-15(11)14/h1-10,19H. The third-order valence-corrected chi connectivity index (χ3v) is 2.99. The lowest BCUT2D eigenvalue weighted by Crippen LogP contribution is -2.36. The average molecular weight is 267 g/mol. The van der Waals surface area contributed by atoms with Crippen LogP contribution in [0.4, 0.5) is 4.39 Å². The maximum absolute atomic E-state index is 12.9. The van der Waals surface area contributed by atoms with Crippen LogP contribution in [-0.2, 0) is 0 Å². The Morgan fingerprint density at radius 3 is 2.55 bits per heavy atom. The number of fused-ring (bicyclic) bond motifs is 1. The van der Waals surface area contributed by atoms with Crippen LogP contribution in [0.3, 0.4) is 0 Å². The molecule has 3 rings (SSSR count). The molecule has 0 aliphatic heterocycles. The van der Waals surface area contributed by atoms with E-state index in [0.717, 1.165) is 5.39 Å². The first-order valence-corrected chi connectivity index (χ1v) is 6.18. The second-order valence-corrected chi connectivity index (χ2v) is 4.35. The first kappa shape index (κ1) is 12.6. The van der Waals surface area contributed by atoms with Gasteiger partial charge in [0, 0.05) is 11.6 Å². The summed E-state index contributed by atoms with van der Waals surface area (Å²) in [5.74, 6) is 0.132. The molecule has 5 heteroatoms. The monoisotopic (exact) mass is 267 g/mol. The average Bonchev–Trinajstić information content (AvgIpc) is 2.48. The van der Waals surface area contributed by atoms with Gasteiger partial charge in [0.2, 0.25) is 0 Å². The van der Waals surface area contributed by atoms with Gasteiger partial charge in [-0.2, -0.15) is 0 Å². The Labute approximate surface area is 115 Å². The lowest BCUT2D eigenvalue weighted by Gasteiger charge is -2.11. The Kier molecular flexibility index (Phi) is 3.35. The minimum Gasteiger partial charge on any atom is -0.531 e. The number of aromatic nitrogens is 1. The van der Waals surface area contributed by atoms with Crippen molar-refractivity contribution in [2.24, 2.45) is 0 Å². The number of nitrogens with zero attached hydrogens (tertiary/aromatic N) is 1. The van der Waals surface area contributed by atoms with E-state index in [4.69, 9.17) is 4.65 Å². The molecule has 3 aromatic rings. The van der Waals surface area contributed by atoms with E-state index >= 15 is 0 Å². The molecule has 1 aromatic heterocycles. The molecule has 0 atom stereocenters. The van der Waals surface area contributed by atoms with Crippen molar-refractivity contribution in [3.05, 3.63) is 66.6 Å². The Morgan fingerprint density at radius 1 is 1.00 bits per heavy atom. The van der Waals surface area contributed by atoms with Gasteiger partial charge >= 0.3 is 7.12 Å². The minimum atomic E-state index is -1.16. The predicted octanol–water partition coefficient (Wildman–Crippen LogP) is 2.14. The third-order valence-electron chi connectivity index (χ3n) is 2.99. The quantitative estimate of drug-likeness (QED) is 0.739. The molecular formula is C15H11BFNO2. The van der Waals surface area contributed by atoms with E-state index in [2.05, 4.69) is 4.98 Å². The summed E-state index contributed by atoms with van der Waals surface area (Å²) in [5, 5.41) is 11.0. The minimum absolute atomic E-state index is 0.354. The fourth-order valence-corrected chi connectivity index (χ4v) is 1.99. The van der Waals surface area contributed by atoms with Crippen molar-refractivity contribution in [1.82, 2.24) is 4.98 Å². The molecule has 0 saturated carbocycles. The van der Waals surface area contributed by atoms with E-state index in [1.165, 1.54) is 24.3 Å². The Hall–Kier alpha value is -2.40. The molecule has 1 N–H and O–H groups in total. The highest BCUT2D eigenvalue weighted by atomic mass is 19.1. The summed E-state index contributed by atoms with van der Waals surface area (Å²) in [6.07, 6.45) is 1.67. The highest BCUT2D eigenvalue weighted by Crippen LogP contribution is 2.23. The molecule has 0 aliphatic rings. The van der Waals surface area contributed by atoms with E-state index in [-0.39, 0.29) is 5.82 Å². The molecule has 98 valence electrons. The molecule has 0 aliphatic carbocycles. The van der Waals surface area contributed by atoms with Crippen LogP contribution in [0, 0.1) is 5.82 Å². The zero-order valence-corrected chi connectivity index (χ0v) is 10.5. The summed E-state index contributed by atoms with van der Waals surface area (Å²) in [6, 6.07) is 14.8. The smallest absolute Gasteiger partial charge is 0.531 e. The molecule has 0 amide bonds. The largest absolute Gasteiger partial charge is 0.560 e. The topological polar surface area (TPSA) is 42.4 Å². The van der Waals surface area contributed by atoms with E-state index < -0.39 is 7.12 Å². The molecule has 0 saturated heterocycles. The van der Waals surface area contributed by atoms with Crippen LogP contribution in [-0.4, -0.2) is 17.1 Å². The lowest BCUT2D eigenvalue weighted by atomic mass is 9.79. The van der Waals surface area contributed by atoms with Gasteiger partial charge in [-0.25, -0.2) is 4.39 Å². The van der Waals surface area contributed by atoms with Crippen LogP contribution in [0.2, 0.25) is 0 Å². The Morgan fingerprint density at radius 2 is 1.75 bits per heavy atom.